The number of nitrogens with zero attached hydrogens (tertiary/aromatic N) is 2. The highest BCUT2D eigenvalue weighted by Gasteiger charge is 2.45. The van der Waals surface area contributed by atoms with E-state index in [2.05, 4.69) is 60.4 Å². The molecular formula is C27H34N2O2. The minimum absolute atomic E-state index is 0.0372. The van der Waals surface area contributed by atoms with Crippen LogP contribution in [0.15, 0.2) is 54.6 Å². The minimum Gasteiger partial charge on any atom is -0.444 e. The minimum atomic E-state index is -0.136. The van der Waals surface area contributed by atoms with Gasteiger partial charge in [-0.15, -0.1) is 0 Å². The molecule has 0 N–H and O–H groups in total. The number of hydrogen-bond acceptors (Lipinski definition) is 3. The lowest BCUT2D eigenvalue weighted by Gasteiger charge is -2.51. The molecule has 0 aliphatic carbocycles. The van der Waals surface area contributed by atoms with E-state index in [1.165, 1.54) is 24.0 Å². The summed E-state index contributed by atoms with van der Waals surface area (Å²) in [5, 5.41) is 0. The molecule has 0 aromatic heterocycles. The Balaban J connectivity index is 1.41. The van der Waals surface area contributed by atoms with E-state index in [1.54, 1.807) is 0 Å². The van der Waals surface area contributed by atoms with Crippen molar-refractivity contribution in [3.8, 4) is 0 Å². The first kappa shape index (κ1) is 20.6. The quantitative estimate of drug-likeness (QED) is 0.650. The van der Waals surface area contributed by atoms with Crippen LogP contribution in [0.4, 0.5) is 4.79 Å². The summed E-state index contributed by atoms with van der Waals surface area (Å²) in [4.78, 5) is 18.2. The summed E-state index contributed by atoms with van der Waals surface area (Å²) < 4.78 is 6.39. The lowest BCUT2D eigenvalue weighted by atomic mass is 9.79. The Morgan fingerprint density at radius 3 is 2.52 bits per heavy atom. The number of benzene rings is 2. The van der Waals surface area contributed by atoms with Crippen molar-refractivity contribution in [1.29, 1.82) is 0 Å². The molecule has 4 heteroatoms. The van der Waals surface area contributed by atoms with Gasteiger partial charge in [-0.2, -0.15) is 0 Å². The predicted octanol–water partition coefficient (Wildman–Crippen LogP) is 5.42. The van der Waals surface area contributed by atoms with Gasteiger partial charge in [0.2, 0.25) is 0 Å². The fraction of sp³-hybridized carbons (Fsp3) is 0.519. The van der Waals surface area contributed by atoms with Crippen LogP contribution in [0.3, 0.4) is 0 Å². The maximum atomic E-state index is 13.6. The van der Waals surface area contributed by atoms with Crippen LogP contribution in [0.5, 0.6) is 0 Å². The standard InChI is InChI=1S/C27H34N2O2/c1-2-3-13-24-26(22-14-17-28(24)18-15-22)31-27(30)29-19-16-20-9-7-8-12-23(20)25(29)21-10-5-4-6-11-21/h4-12,22,24-26H,2-3,13-19H2,1H3. The molecule has 4 aliphatic heterocycles. The number of fused-ring (bicyclic) bond motifs is 4. The number of amides is 1. The first-order valence-corrected chi connectivity index (χ1v) is 12.1. The topological polar surface area (TPSA) is 32.8 Å². The van der Waals surface area contributed by atoms with Gasteiger partial charge < -0.3 is 4.74 Å². The number of hydrogen-bond donors (Lipinski definition) is 0. The third kappa shape index (κ3) is 3.98. The molecule has 2 bridgehead atoms. The summed E-state index contributed by atoms with van der Waals surface area (Å²) in [6, 6.07) is 19.3. The Kier molecular flexibility index (Phi) is 5.99. The number of rotatable bonds is 5. The van der Waals surface area contributed by atoms with Gasteiger partial charge in [0.05, 0.1) is 6.04 Å². The molecule has 3 saturated heterocycles. The summed E-state index contributed by atoms with van der Waals surface area (Å²) in [7, 11) is 0. The van der Waals surface area contributed by atoms with Crippen LogP contribution in [0.1, 0.15) is 61.8 Å². The molecule has 164 valence electrons. The number of ether oxygens (including phenoxy) is 1. The summed E-state index contributed by atoms with van der Waals surface area (Å²) in [5.41, 5.74) is 3.72. The molecule has 1 amide bonds. The van der Waals surface area contributed by atoms with E-state index in [1.807, 2.05) is 11.0 Å². The zero-order valence-electron chi connectivity index (χ0n) is 18.6. The molecule has 2 aromatic carbocycles. The molecule has 31 heavy (non-hydrogen) atoms. The lowest BCUT2D eigenvalue weighted by Crippen LogP contribution is -2.59. The van der Waals surface area contributed by atoms with Crippen molar-refractivity contribution in [2.24, 2.45) is 5.92 Å². The highest BCUT2D eigenvalue weighted by Crippen LogP contribution is 2.39. The van der Waals surface area contributed by atoms with Crippen LogP contribution in [0, 0.1) is 5.92 Å². The van der Waals surface area contributed by atoms with Gasteiger partial charge in [-0.3, -0.25) is 9.80 Å². The summed E-state index contributed by atoms with van der Waals surface area (Å²) in [5.74, 6) is 0.517. The summed E-state index contributed by atoms with van der Waals surface area (Å²) >= 11 is 0. The van der Waals surface area contributed by atoms with Crippen molar-refractivity contribution < 1.29 is 9.53 Å². The van der Waals surface area contributed by atoms with E-state index in [0.717, 1.165) is 44.3 Å². The van der Waals surface area contributed by atoms with E-state index >= 15 is 0 Å². The van der Waals surface area contributed by atoms with Crippen molar-refractivity contribution in [2.75, 3.05) is 19.6 Å². The number of carbonyl (C=O) groups excluding carboxylic acids is 1. The Bertz CT molecular complexity index is 891. The highest BCUT2D eigenvalue weighted by atomic mass is 16.6. The molecular weight excluding hydrogens is 384 g/mol. The SMILES string of the molecule is CCCCC1C(OC(=O)N2CCc3ccccc3C2c2ccccc2)C2CCN1CC2. The Morgan fingerprint density at radius 1 is 1.00 bits per heavy atom. The van der Waals surface area contributed by atoms with E-state index < -0.39 is 0 Å². The molecule has 2 aromatic rings. The molecule has 3 unspecified atom stereocenters. The monoisotopic (exact) mass is 418 g/mol. The average molecular weight is 419 g/mol. The molecule has 0 saturated carbocycles. The zero-order chi connectivity index (χ0) is 21.2. The summed E-state index contributed by atoms with van der Waals surface area (Å²) in [6.07, 6.45) is 6.63. The Labute approximate surface area is 186 Å². The molecule has 0 radical (unpaired) electrons. The first-order chi connectivity index (χ1) is 15.3. The van der Waals surface area contributed by atoms with Crippen molar-refractivity contribution >= 4 is 6.09 Å². The van der Waals surface area contributed by atoms with Gasteiger partial charge in [-0.25, -0.2) is 4.79 Å². The molecule has 3 atom stereocenters. The second-order valence-electron chi connectivity index (χ2n) is 9.39. The smallest absolute Gasteiger partial charge is 0.410 e. The molecule has 4 nitrogen and oxygen atoms in total. The van der Waals surface area contributed by atoms with Gasteiger partial charge in [0.25, 0.3) is 0 Å². The van der Waals surface area contributed by atoms with Gasteiger partial charge in [0, 0.05) is 18.5 Å². The van der Waals surface area contributed by atoms with E-state index in [-0.39, 0.29) is 18.2 Å². The maximum Gasteiger partial charge on any atom is 0.410 e. The van der Waals surface area contributed by atoms with Crippen LogP contribution in [-0.2, 0) is 11.2 Å². The van der Waals surface area contributed by atoms with Gasteiger partial charge >= 0.3 is 6.09 Å². The van der Waals surface area contributed by atoms with Gasteiger partial charge in [-0.05, 0) is 55.5 Å². The molecule has 6 rings (SSSR count). The largest absolute Gasteiger partial charge is 0.444 e. The molecule has 0 spiro atoms. The lowest BCUT2D eigenvalue weighted by molar-refractivity contribution is -0.0891. The Morgan fingerprint density at radius 2 is 1.74 bits per heavy atom. The molecule has 4 aliphatic rings. The number of piperidine rings is 3. The van der Waals surface area contributed by atoms with Gasteiger partial charge in [-0.1, -0.05) is 74.4 Å². The van der Waals surface area contributed by atoms with Gasteiger partial charge in [0.15, 0.2) is 0 Å². The zero-order valence-corrected chi connectivity index (χ0v) is 18.6. The van der Waals surface area contributed by atoms with Crippen LogP contribution in [-0.4, -0.2) is 47.7 Å². The maximum absolute atomic E-state index is 13.6. The third-order valence-corrected chi connectivity index (χ3v) is 7.61. The normalized spacial score (nSPS) is 29.5. The number of unbranched alkanes of at least 4 members (excludes halogenated alkanes) is 1. The van der Waals surface area contributed by atoms with Gasteiger partial charge in [0.1, 0.15) is 6.10 Å². The van der Waals surface area contributed by atoms with E-state index in [0.29, 0.717) is 18.5 Å². The Hall–Kier alpha value is -2.33. The number of carbonyl (C=O) groups is 1. The van der Waals surface area contributed by atoms with Crippen LogP contribution in [0.25, 0.3) is 0 Å². The highest BCUT2D eigenvalue weighted by molar-refractivity contribution is 5.70. The van der Waals surface area contributed by atoms with Crippen LogP contribution >= 0.6 is 0 Å². The predicted molar refractivity (Wildman–Crippen MR) is 123 cm³/mol. The molecule has 4 heterocycles. The fourth-order valence-corrected chi connectivity index (χ4v) is 5.98. The first-order valence-electron chi connectivity index (χ1n) is 12.1. The van der Waals surface area contributed by atoms with Crippen molar-refractivity contribution in [3.05, 3.63) is 71.3 Å². The van der Waals surface area contributed by atoms with Crippen LogP contribution in [0.2, 0.25) is 0 Å². The van der Waals surface area contributed by atoms with Crippen molar-refractivity contribution in [1.82, 2.24) is 9.80 Å². The second kappa shape index (κ2) is 9.04. The van der Waals surface area contributed by atoms with Crippen molar-refractivity contribution in [2.45, 2.75) is 63.6 Å². The third-order valence-electron chi connectivity index (χ3n) is 7.61. The fourth-order valence-electron chi connectivity index (χ4n) is 5.98. The van der Waals surface area contributed by atoms with Crippen molar-refractivity contribution in [3.63, 3.8) is 0 Å². The average Bonchev–Trinajstić information content (AvgIpc) is 2.83. The second-order valence-corrected chi connectivity index (χ2v) is 9.39. The molecule has 3 fully saturated rings. The van der Waals surface area contributed by atoms with Crippen LogP contribution < -0.4 is 0 Å². The van der Waals surface area contributed by atoms with E-state index in [4.69, 9.17) is 4.74 Å². The summed E-state index contributed by atoms with van der Waals surface area (Å²) in [6.45, 7) is 5.27. The van der Waals surface area contributed by atoms with E-state index in [9.17, 15) is 4.79 Å².